The van der Waals surface area contributed by atoms with Gasteiger partial charge in [0, 0.05) is 19.4 Å². The highest BCUT2D eigenvalue weighted by Gasteiger charge is 2.36. The maximum absolute atomic E-state index is 12.6. The molecule has 0 aromatic carbocycles. The Labute approximate surface area is 145 Å². The molecular formula is C18H32N4O2. The van der Waals surface area contributed by atoms with Gasteiger partial charge in [-0.2, -0.15) is 0 Å². The van der Waals surface area contributed by atoms with Crippen LogP contribution in [-0.2, 0) is 7.05 Å². The average molecular weight is 336 g/mol. The zero-order valence-electron chi connectivity index (χ0n) is 15.4. The van der Waals surface area contributed by atoms with Gasteiger partial charge in [0.25, 0.3) is 0 Å². The molecule has 1 aliphatic carbocycles. The maximum Gasteiger partial charge on any atom is 0.315 e. The second-order valence-electron chi connectivity index (χ2n) is 7.63. The lowest BCUT2D eigenvalue weighted by atomic mass is 9.76. The molecule has 0 bridgehead atoms. The van der Waals surface area contributed by atoms with Crippen molar-refractivity contribution < 1.29 is 9.90 Å². The summed E-state index contributed by atoms with van der Waals surface area (Å²) in [6.45, 7) is 6.03. The summed E-state index contributed by atoms with van der Waals surface area (Å²) in [6, 6.07) is -0.405. The van der Waals surface area contributed by atoms with Gasteiger partial charge in [-0.15, -0.1) is 0 Å². The molecule has 0 radical (unpaired) electrons. The maximum atomic E-state index is 12.6. The molecule has 0 spiro atoms. The van der Waals surface area contributed by atoms with E-state index >= 15 is 0 Å². The molecule has 1 aromatic heterocycles. The predicted molar refractivity (Wildman–Crippen MR) is 94.5 cm³/mol. The first kappa shape index (κ1) is 18.8. The minimum Gasteiger partial charge on any atom is -0.394 e. The van der Waals surface area contributed by atoms with Crippen LogP contribution in [0.4, 0.5) is 4.79 Å². The molecule has 136 valence electrons. The van der Waals surface area contributed by atoms with E-state index in [2.05, 4.69) is 29.5 Å². The predicted octanol–water partition coefficient (Wildman–Crippen LogP) is 2.75. The number of carbonyl (C=O) groups is 1. The van der Waals surface area contributed by atoms with Crippen LogP contribution in [0.1, 0.15) is 64.7 Å². The van der Waals surface area contributed by atoms with Crippen molar-refractivity contribution >= 4 is 6.03 Å². The normalized spacial score (nSPS) is 19.8. The number of aliphatic hydroxyl groups is 1. The number of hydrogen-bond donors (Lipinski definition) is 3. The zero-order valence-corrected chi connectivity index (χ0v) is 15.4. The quantitative estimate of drug-likeness (QED) is 0.747. The summed E-state index contributed by atoms with van der Waals surface area (Å²) in [4.78, 5) is 17.0. The molecule has 2 amide bonds. The summed E-state index contributed by atoms with van der Waals surface area (Å²) in [7, 11) is 1.93. The van der Waals surface area contributed by atoms with E-state index in [-0.39, 0.29) is 24.6 Å². The zero-order chi connectivity index (χ0) is 17.7. The van der Waals surface area contributed by atoms with Crippen LogP contribution >= 0.6 is 0 Å². The number of hydrogen-bond acceptors (Lipinski definition) is 3. The lowest BCUT2D eigenvalue weighted by molar-refractivity contribution is 0.1000. The van der Waals surface area contributed by atoms with Crippen LogP contribution in [0.15, 0.2) is 12.4 Å². The lowest BCUT2D eigenvalue weighted by Gasteiger charge is -2.39. The van der Waals surface area contributed by atoms with Gasteiger partial charge < -0.3 is 20.3 Å². The highest BCUT2D eigenvalue weighted by Crippen LogP contribution is 2.32. The van der Waals surface area contributed by atoms with Gasteiger partial charge in [-0.05, 0) is 31.6 Å². The molecule has 1 saturated carbocycles. The van der Waals surface area contributed by atoms with Crippen LogP contribution in [0.2, 0.25) is 0 Å². The minimum absolute atomic E-state index is 0.0418. The van der Waals surface area contributed by atoms with Gasteiger partial charge in [0.2, 0.25) is 0 Å². The van der Waals surface area contributed by atoms with Gasteiger partial charge >= 0.3 is 6.03 Å². The van der Waals surface area contributed by atoms with Gasteiger partial charge in [-0.3, -0.25) is 0 Å². The van der Waals surface area contributed by atoms with Crippen molar-refractivity contribution in [3.63, 3.8) is 0 Å². The highest BCUT2D eigenvalue weighted by molar-refractivity contribution is 5.75. The average Bonchev–Trinajstić information content (AvgIpc) is 2.98. The first-order valence-corrected chi connectivity index (χ1v) is 9.04. The van der Waals surface area contributed by atoms with Crippen molar-refractivity contribution in [2.45, 2.75) is 64.5 Å². The fourth-order valence-corrected chi connectivity index (χ4v) is 3.65. The Morgan fingerprint density at radius 3 is 2.58 bits per heavy atom. The van der Waals surface area contributed by atoms with Gasteiger partial charge in [0.05, 0.1) is 18.2 Å². The number of amides is 2. The molecule has 24 heavy (non-hydrogen) atoms. The molecule has 6 nitrogen and oxygen atoms in total. The number of rotatable bonds is 6. The van der Waals surface area contributed by atoms with Crippen LogP contribution in [0.5, 0.6) is 0 Å². The van der Waals surface area contributed by atoms with Crippen molar-refractivity contribution in [3.8, 4) is 0 Å². The lowest BCUT2D eigenvalue weighted by Crippen LogP contribution is -2.58. The molecule has 3 N–H and O–H groups in total. The summed E-state index contributed by atoms with van der Waals surface area (Å²) >= 11 is 0. The Hall–Kier alpha value is -1.56. The second kappa shape index (κ2) is 8.01. The molecule has 0 saturated heterocycles. The second-order valence-corrected chi connectivity index (χ2v) is 7.63. The van der Waals surface area contributed by atoms with E-state index in [0.29, 0.717) is 5.92 Å². The summed E-state index contributed by atoms with van der Waals surface area (Å²) in [5.74, 6) is 1.38. The first-order valence-electron chi connectivity index (χ1n) is 9.04. The number of nitrogens with zero attached hydrogens (tertiary/aromatic N) is 2. The third-order valence-corrected chi connectivity index (χ3v) is 5.32. The Balaban J connectivity index is 2.05. The number of aromatic nitrogens is 2. The van der Waals surface area contributed by atoms with E-state index in [1.165, 1.54) is 19.3 Å². The SMILES string of the molecule is CC(C)[C@@H](NC(=O)N[C@@](C)(CO)C1CCCCC1)c1nccn1C. The molecule has 1 heterocycles. The number of imidazole rings is 1. The first-order chi connectivity index (χ1) is 11.4. The largest absolute Gasteiger partial charge is 0.394 e. The summed E-state index contributed by atoms with van der Waals surface area (Å²) in [5.41, 5.74) is -0.576. The number of carbonyl (C=O) groups excluding carboxylic acids is 1. The number of nitrogens with one attached hydrogen (secondary N) is 2. The third kappa shape index (κ3) is 4.29. The number of urea groups is 1. The molecule has 0 aliphatic heterocycles. The van der Waals surface area contributed by atoms with E-state index in [0.717, 1.165) is 18.7 Å². The molecule has 0 unspecified atom stereocenters. The molecule has 1 fully saturated rings. The number of aryl methyl sites for hydroxylation is 1. The van der Waals surface area contributed by atoms with Crippen LogP contribution in [0.25, 0.3) is 0 Å². The van der Waals surface area contributed by atoms with E-state index in [1.54, 1.807) is 6.20 Å². The van der Waals surface area contributed by atoms with Crippen LogP contribution in [0.3, 0.4) is 0 Å². The van der Waals surface area contributed by atoms with E-state index in [4.69, 9.17) is 0 Å². The van der Waals surface area contributed by atoms with Crippen LogP contribution in [0, 0.1) is 11.8 Å². The fourth-order valence-electron chi connectivity index (χ4n) is 3.65. The smallest absolute Gasteiger partial charge is 0.315 e. The van der Waals surface area contributed by atoms with E-state index < -0.39 is 5.54 Å². The molecular weight excluding hydrogens is 304 g/mol. The van der Waals surface area contributed by atoms with Gasteiger partial charge in [0.1, 0.15) is 5.82 Å². The van der Waals surface area contributed by atoms with Crippen molar-refractivity contribution in [1.82, 2.24) is 20.2 Å². The fraction of sp³-hybridized carbons (Fsp3) is 0.778. The highest BCUT2D eigenvalue weighted by atomic mass is 16.3. The van der Waals surface area contributed by atoms with Crippen molar-refractivity contribution in [3.05, 3.63) is 18.2 Å². The Bertz CT molecular complexity index is 537. The topological polar surface area (TPSA) is 79.2 Å². The summed E-state index contributed by atoms with van der Waals surface area (Å²) in [5, 5.41) is 16.0. The van der Waals surface area contributed by atoms with Gasteiger partial charge in [-0.1, -0.05) is 33.1 Å². The van der Waals surface area contributed by atoms with E-state index in [1.807, 2.05) is 24.7 Å². The molecule has 2 atom stereocenters. The van der Waals surface area contributed by atoms with Crippen LogP contribution in [-0.4, -0.2) is 32.8 Å². The molecule has 6 heteroatoms. The number of aliphatic hydroxyl groups excluding tert-OH is 1. The molecule has 2 rings (SSSR count). The Morgan fingerprint density at radius 1 is 1.42 bits per heavy atom. The Morgan fingerprint density at radius 2 is 2.08 bits per heavy atom. The third-order valence-electron chi connectivity index (χ3n) is 5.32. The monoisotopic (exact) mass is 336 g/mol. The summed E-state index contributed by atoms with van der Waals surface area (Å²) < 4.78 is 1.93. The Kier molecular flexibility index (Phi) is 6.27. The molecule has 1 aliphatic rings. The van der Waals surface area contributed by atoms with Crippen LogP contribution < -0.4 is 10.6 Å². The summed E-state index contributed by atoms with van der Waals surface area (Å²) in [6.07, 6.45) is 9.33. The van der Waals surface area contributed by atoms with Gasteiger partial charge in [0.15, 0.2) is 0 Å². The van der Waals surface area contributed by atoms with Gasteiger partial charge in [-0.25, -0.2) is 9.78 Å². The molecule has 1 aromatic rings. The van der Waals surface area contributed by atoms with Crippen molar-refractivity contribution in [1.29, 1.82) is 0 Å². The van der Waals surface area contributed by atoms with Crippen molar-refractivity contribution in [2.24, 2.45) is 18.9 Å². The van der Waals surface area contributed by atoms with E-state index in [9.17, 15) is 9.90 Å². The van der Waals surface area contributed by atoms with Crippen molar-refractivity contribution in [2.75, 3.05) is 6.61 Å². The minimum atomic E-state index is -0.576. The standard InChI is InChI=1S/C18H32N4O2/c1-13(2)15(16-19-10-11-22(16)4)20-17(24)21-18(3,12-23)14-8-6-5-7-9-14/h10-11,13-15,23H,5-9,12H2,1-4H3,(H2,20,21,24)/t15-,18+/m1/s1.